The van der Waals surface area contributed by atoms with E-state index in [2.05, 4.69) is 20.2 Å². The lowest BCUT2D eigenvalue weighted by Gasteiger charge is -2.34. The summed E-state index contributed by atoms with van der Waals surface area (Å²) in [6.07, 6.45) is 1.96. The van der Waals surface area contributed by atoms with Gasteiger partial charge in [0, 0.05) is 49.4 Å². The van der Waals surface area contributed by atoms with Gasteiger partial charge in [-0.15, -0.1) is 5.10 Å². The SMILES string of the molecule is COc1ccc(C(=O)N2CCN(Cc3cn(-c4cc(C)nc5ccc(OC)cc45)nn3)CC2)cc1. The number of aryl methyl sites for hydroxylation is 1. The molecule has 1 amide bonds. The molecular formula is C26H28N6O3. The van der Waals surface area contributed by atoms with Crippen LogP contribution in [-0.2, 0) is 6.54 Å². The Kier molecular flexibility index (Phi) is 6.33. The summed E-state index contributed by atoms with van der Waals surface area (Å²) >= 11 is 0. The molecule has 0 aliphatic carbocycles. The number of amides is 1. The number of hydrogen-bond donors (Lipinski definition) is 0. The van der Waals surface area contributed by atoms with Gasteiger partial charge < -0.3 is 14.4 Å². The second-order valence-electron chi connectivity index (χ2n) is 8.62. The fourth-order valence-electron chi connectivity index (χ4n) is 4.38. The Morgan fingerprint density at radius 3 is 2.37 bits per heavy atom. The first-order chi connectivity index (χ1) is 17.0. The Labute approximate surface area is 203 Å². The summed E-state index contributed by atoms with van der Waals surface area (Å²) in [4.78, 5) is 21.7. The van der Waals surface area contributed by atoms with Gasteiger partial charge in [-0.25, -0.2) is 4.68 Å². The molecule has 0 saturated carbocycles. The summed E-state index contributed by atoms with van der Waals surface area (Å²) < 4.78 is 12.4. The van der Waals surface area contributed by atoms with Crippen molar-refractivity contribution in [2.24, 2.45) is 0 Å². The molecule has 1 saturated heterocycles. The van der Waals surface area contributed by atoms with Crippen molar-refractivity contribution in [3.05, 3.63) is 71.7 Å². The minimum absolute atomic E-state index is 0.0496. The number of hydrogen-bond acceptors (Lipinski definition) is 7. The van der Waals surface area contributed by atoms with Crippen LogP contribution in [0.15, 0.2) is 54.7 Å². The van der Waals surface area contributed by atoms with Crippen LogP contribution >= 0.6 is 0 Å². The lowest BCUT2D eigenvalue weighted by Crippen LogP contribution is -2.48. The maximum atomic E-state index is 12.8. The van der Waals surface area contributed by atoms with Gasteiger partial charge in [0.05, 0.1) is 37.3 Å². The zero-order chi connectivity index (χ0) is 24.4. The van der Waals surface area contributed by atoms with Gasteiger partial charge in [-0.2, -0.15) is 0 Å². The molecule has 35 heavy (non-hydrogen) atoms. The second-order valence-corrected chi connectivity index (χ2v) is 8.62. The van der Waals surface area contributed by atoms with Gasteiger partial charge in [-0.1, -0.05) is 5.21 Å². The summed E-state index contributed by atoms with van der Waals surface area (Å²) in [6.45, 7) is 5.56. The number of carbonyl (C=O) groups excluding carboxylic acids is 1. The van der Waals surface area contributed by atoms with E-state index in [1.807, 2.05) is 66.6 Å². The Balaban J connectivity index is 1.25. The number of benzene rings is 2. The molecule has 3 heterocycles. The minimum atomic E-state index is 0.0496. The van der Waals surface area contributed by atoms with Crippen molar-refractivity contribution < 1.29 is 14.3 Å². The van der Waals surface area contributed by atoms with Gasteiger partial charge in [-0.05, 0) is 55.5 Å². The number of methoxy groups -OCH3 is 2. The highest BCUT2D eigenvalue weighted by molar-refractivity contribution is 5.94. The largest absolute Gasteiger partial charge is 0.497 e. The predicted molar refractivity (Wildman–Crippen MR) is 132 cm³/mol. The maximum Gasteiger partial charge on any atom is 0.253 e. The van der Waals surface area contributed by atoms with Crippen LogP contribution in [0.1, 0.15) is 21.7 Å². The van der Waals surface area contributed by atoms with Gasteiger partial charge in [0.2, 0.25) is 0 Å². The number of nitrogens with zero attached hydrogens (tertiary/aromatic N) is 6. The van der Waals surface area contributed by atoms with E-state index in [0.29, 0.717) is 25.2 Å². The van der Waals surface area contributed by atoms with Crippen LogP contribution in [0.4, 0.5) is 0 Å². The summed E-state index contributed by atoms with van der Waals surface area (Å²) in [5, 5.41) is 9.76. The van der Waals surface area contributed by atoms with Crippen LogP contribution in [0.25, 0.3) is 16.6 Å². The van der Waals surface area contributed by atoms with Crippen LogP contribution in [0.2, 0.25) is 0 Å². The van der Waals surface area contributed by atoms with E-state index < -0.39 is 0 Å². The molecule has 1 aliphatic heterocycles. The Morgan fingerprint density at radius 1 is 0.943 bits per heavy atom. The number of ether oxygens (including phenoxy) is 2. The molecule has 0 spiro atoms. The summed E-state index contributed by atoms with van der Waals surface area (Å²) in [7, 11) is 3.27. The van der Waals surface area contributed by atoms with Crippen molar-refractivity contribution in [3.63, 3.8) is 0 Å². The molecule has 0 bridgehead atoms. The fraction of sp³-hybridized carbons (Fsp3) is 0.308. The van der Waals surface area contributed by atoms with E-state index in [-0.39, 0.29) is 5.91 Å². The van der Waals surface area contributed by atoms with E-state index in [9.17, 15) is 4.79 Å². The Morgan fingerprint density at radius 2 is 1.66 bits per heavy atom. The van der Waals surface area contributed by atoms with Gasteiger partial charge in [0.25, 0.3) is 5.91 Å². The number of fused-ring (bicyclic) bond motifs is 1. The van der Waals surface area contributed by atoms with Crippen LogP contribution < -0.4 is 9.47 Å². The molecule has 5 rings (SSSR count). The van der Waals surface area contributed by atoms with Gasteiger partial charge >= 0.3 is 0 Å². The highest BCUT2D eigenvalue weighted by Gasteiger charge is 2.23. The van der Waals surface area contributed by atoms with Gasteiger partial charge in [-0.3, -0.25) is 14.7 Å². The van der Waals surface area contributed by atoms with Crippen LogP contribution in [0, 0.1) is 6.92 Å². The van der Waals surface area contributed by atoms with E-state index in [1.54, 1.807) is 18.9 Å². The third kappa shape index (κ3) is 4.81. The molecule has 9 heteroatoms. The molecule has 0 atom stereocenters. The van der Waals surface area contributed by atoms with E-state index in [1.165, 1.54) is 0 Å². The van der Waals surface area contributed by atoms with Crippen LogP contribution in [0.5, 0.6) is 11.5 Å². The van der Waals surface area contributed by atoms with Crippen molar-refractivity contribution in [1.29, 1.82) is 0 Å². The maximum absolute atomic E-state index is 12.8. The molecule has 2 aromatic heterocycles. The van der Waals surface area contributed by atoms with Crippen molar-refractivity contribution in [3.8, 4) is 17.2 Å². The van der Waals surface area contributed by atoms with Crippen LogP contribution in [-0.4, -0.2) is 76.1 Å². The van der Waals surface area contributed by atoms with E-state index in [4.69, 9.17) is 9.47 Å². The highest BCUT2D eigenvalue weighted by Crippen LogP contribution is 2.26. The molecule has 180 valence electrons. The first kappa shape index (κ1) is 22.8. The first-order valence-electron chi connectivity index (χ1n) is 11.6. The van der Waals surface area contributed by atoms with E-state index in [0.717, 1.165) is 52.6 Å². The molecule has 0 N–H and O–H groups in total. The predicted octanol–water partition coefficient (Wildman–Crippen LogP) is 3.10. The third-order valence-electron chi connectivity index (χ3n) is 6.29. The molecule has 0 unspecified atom stereocenters. The molecule has 2 aromatic carbocycles. The first-order valence-corrected chi connectivity index (χ1v) is 11.6. The Hall–Kier alpha value is -3.98. The molecule has 4 aromatic rings. The zero-order valence-corrected chi connectivity index (χ0v) is 20.1. The highest BCUT2D eigenvalue weighted by atomic mass is 16.5. The van der Waals surface area contributed by atoms with Crippen molar-refractivity contribution in [2.75, 3.05) is 40.4 Å². The van der Waals surface area contributed by atoms with E-state index >= 15 is 0 Å². The van der Waals surface area contributed by atoms with Crippen molar-refractivity contribution in [2.45, 2.75) is 13.5 Å². The van der Waals surface area contributed by atoms with Crippen LogP contribution in [0.3, 0.4) is 0 Å². The Bertz CT molecular complexity index is 1340. The monoisotopic (exact) mass is 472 g/mol. The smallest absolute Gasteiger partial charge is 0.253 e. The normalized spacial score (nSPS) is 14.3. The third-order valence-corrected chi connectivity index (χ3v) is 6.29. The van der Waals surface area contributed by atoms with Gasteiger partial charge in [0.1, 0.15) is 11.5 Å². The van der Waals surface area contributed by atoms with Crippen molar-refractivity contribution in [1.82, 2.24) is 29.8 Å². The lowest BCUT2D eigenvalue weighted by molar-refractivity contribution is 0.0627. The van der Waals surface area contributed by atoms with Crippen molar-refractivity contribution >= 4 is 16.8 Å². The number of aromatic nitrogens is 4. The van der Waals surface area contributed by atoms with Gasteiger partial charge in [0.15, 0.2) is 0 Å². The molecular weight excluding hydrogens is 444 g/mol. The molecule has 9 nitrogen and oxygen atoms in total. The average molecular weight is 473 g/mol. The number of carbonyl (C=O) groups is 1. The number of piperazine rings is 1. The number of rotatable bonds is 6. The quantitative estimate of drug-likeness (QED) is 0.426. The summed E-state index contributed by atoms with van der Waals surface area (Å²) in [5.41, 5.74) is 4.27. The molecule has 1 aliphatic rings. The standard InChI is InChI=1S/C26H28N6O3/c1-18-14-25(23-15-22(35-3)8-9-24(23)27-18)32-17-20(28-29-32)16-30-10-12-31(13-11-30)26(33)19-4-6-21(34-2)7-5-19/h4-9,14-15,17H,10-13,16H2,1-3H3. The topological polar surface area (TPSA) is 85.6 Å². The minimum Gasteiger partial charge on any atom is -0.497 e. The number of pyridine rings is 1. The fourth-order valence-corrected chi connectivity index (χ4v) is 4.38. The second kappa shape index (κ2) is 9.71. The summed E-state index contributed by atoms with van der Waals surface area (Å²) in [6, 6.07) is 15.1. The summed E-state index contributed by atoms with van der Waals surface area (Å²) in [5.74, 6) is 1.56. The zero-order valence-electron chi connectivity index (χ0n) is 20.1. The lowest BCUT2D eigenvalue weighted by atomic mass is 10.1. The average Bonchev–Trinajstić information content (AvgIpc) is 3.36. The molecule has 1 fully saturated rings. The molecule has 0 radical (unpaired) electrons.